The fourth-order valence-corrected chi connectivity index (χ4v) is 6.44. The topological polar surface area (TPSA) is 87.3 Å². The molecule has 3 unspecified atom stereocenters. The average molecular weight is 406 g/mol. The molecule has 0 spiro atoms. The van der Waals surface area contributed by atoms with E-state index in [1.54, 1.807) is 28.5 Å². The molecule has 3 amide bonds. The lowest BCUT2D eigenvalue weighted by atomic mass is 10.0. The molecule has 2 saturated heterocycles. The number of unbranched alkanes of at least 4 members (excludes halogenated alkanes) is 1. The van der Waals surface area contributed by atoms with Crippen LogP contribution in [0.5, 0.6) is 0 Å². The maximum atomic E-state index is 11.8. The highest BCUT2D eigenvalue weighted by atomic mass is 33.1. The van der Waals surface area contributed by atoms with Crippen molar-refractivity contribution in [3.8, 4) is 0 Å². The second kappa shape index (κ2) is 11.2. The van der Waals surface area contributed by atoms with Crippen molar-refractivity contribution < 1.29 is 14.4 Å². The van der Waals surface area contributed by atoms with Gasteiger partial charge < -0.3 is 16.0 Å². The molecular weight excluding hydrogens is 378 g/mol. The molecule has 0 aliphatic carbocycles. The SMILES string of the molecule is CC(=O)CCSSCCNC(=O)CCCCC1SCC2NC(=O)NC21. The molecule has 25 heavy (non-hydrogen) atoms. The molecule has 0 radical (unpaired) electrons. The lowest BCUT2D eigenvalue weighted by molar-refractivity contribution is -0.121. The third-order valence-electron chi connectivity index (χ3n) is 4.21. The molecule has 2 fully saturated rings. The highest BCUT2D eigenvalue weighted by Crippen LogP contribution is 2.33. The predicted octanol–water partition coefficient (Wildman–Crippen LogP) is 2.19. The summed E-state index contributed by atoms with van der Waals surface area (Å²) in [5, 5.41) is 9.35. The zero-order valence-corrected chi connectivity index (χ0v) is 17.0. The zero-order chi connectivity index (χ0) is 18.1. The number of hydrogen-bond donors (Lipinski definition) is 3. The number of fused-ring (bicyclic) bond motifs is 1. The minimum Gasteiger partial charge on any atom is -0.355 e. The Bertz CT molecular complexity index is 479. The van der Waals surface area contributed by atoms with Crippen LogP contribution in [0.3, 0.4) is 0 Å². The Morgan fingerprint density at radius 1 is 1.20 bits per heavy atom. The number of thioether (sulfide) groups is 1. The van der Waals surface area contributed by atoms with E-state index in [9.17, 15) is 14.4 Å². The van der Waals surface area contributed by atoms with Crippen LogP contribution in [0.2, 0.25) is 0 Å². The molecule has 3 N–H and O–H groups in total. The lowest BCUT2D eigenvalue weighted by Crippen LogP contribution is -2.36. The molecule has 9 heteroatoms. The van der Waals surface area contributed by atoms with Gasteiger partial charge >= 0.3 is 6.03 Å². The number of urea groups is 1. The molecule has 0 aromatic heterocycles. The van der Waals surface area contributed by atoms with Gasteiger partial charge in [0.15, 0.2) is 0 Å². The lowest BCUT2D eigenvalue weighted by Gasteiger charge is -2.16. The third-order valence-corrected chi connectivity index (χ3v) is 8.13. The minimum absolute atomic E-state index is 0.0444. The van der Waals surface area contributed by atoms with Gasteiger partial charge in [-0.1, -0.05) is 28.0 Å². The van der Waals surface area contributed by atoms with E-state index in [2.05, 4.69) is 16.0 Å². The number of nitrogens with one attached hydrogen (secondary N) is 3. The van der Waals surface area contributed by atoms with Crippen molar-refractivity contribution in [3.63, 3.8) is 0 Å². The smallest absolute Gasteiger partial charge is 0.315 e. The van der Waals surface area contributed by atoms with E-state index in [1.807, 2.05) is 11.8 Å². The van der Waals surface area contributed by atoms with Gasteiger partial charge in [-0.2, -0.15) is 11.8 Å². The quantitative estimate of drug-likeness (QED) is 0.262. The maximum Gasteiger partial charge on any atom is 0.315 e. The summed E-state index contributed by atoms with van der Waals surface area (Å²) in [4.78, 5) is 33.9. The Morgan fingerprint density at radius 2 is 2.00 bits per heavy atom. The van der Waals surface area contributed by atoms with E-state index in [-0.39, 0.29) is 29.8 Å². The number of Topliss-reactive ketones (excluding diaryl/α,β-unsaturated/α-hetero) is 1. The largest absolute Gasteiger partial charge is 0.355 e. The predicted molar refractivity (Wildman–Crippen MR) is 107 cm³/mol. The van der Waals surface area contributed by atoms with Crippen molar-refractivity contribution in [1.82, 2.24) is 16.0 Å². The van der Waals surface area contributed by atoms with Crippen LogP contribution in [0.25, 0.3) is 0 Å². The van der Waals surface area contributed by atoms with Gasteiger partial charge in [0, 0.05) is 41.9 Å². The summed E-state index contributed by atoms with van der Waals surface area (Å²) in [7, 11) is 3.38. The highest BCUT2D eigenvalue weighted by Gasteiger charge is 2.42. The summed E-state index contributed by atoms with van der Waals surface area (Å²) in [6.07, 6.45) is 4.13. The first kappa shape index (κ1) is 20.8. The van der Waals surface area contributed by atoms with Crippen LogP contribution in [-0.2, 0) is 9.59 Å². The molecule has 0 saturated carbocycles. The third kappa shape index (κ3) is 7.70. The van der Waals surface area contributed by atoms with Crippen molar-refractivity contribution in [2.24, 2.45) is 0 Å². The van der Waals surface area contributed by atoms with Gasteiger partial charge in [-0.05, 0) is 19.8 Å². The first-order valence-electron chi connectivity index (χ1n) is 8.75. The number of carbonyl (C=O) groups excluding carboxylic acids is 3. The van der Waals surface area contributed by atoms with Gasteiger partial charge in [-0.25, -0.2) is 4.79 Å². The van der Waals surface area contributed by atoms with Gasteiger partial charge in [0.05, 0.1) is 12.1 Å². The second-order valence-electron chi connectivity index (χ2n) is 6.31. The molecular formula is C16H27N3O3S3. The van der Waals surface area contributed by atoms with Gasteiger partial charge in [0.1, 0.15) is 5.78 Å². The number of hydrogen-bond acceptors (Lipinski definition) is 6. The molecule has 142 valence electrons. The Labute approximate surface area is 161 Å². The fraction of sp³-hybridized carbons (Fsp3) is 0.812. The Balaban J connectivity index is 1.42. The zero-order valence-electron chi connectivity index (χ0n) is 14.5. The van der Waals surface area contributed by atoms with E-state index in [0.717, 1.165) is 36.5 Å². The molecule has 6 nitrogen and oxygen atoms in total. The maximum absolute atomic E-state index is 11.8. The van der Waals surface area contributed by atoms with E-state index < -0.39 is 0 Å². The molecule has 0 aromatic rings. The van der Waals surface area contributed by atoms with Crippen LogP contribution in [0, 0.1) is 0 Å². The summed E-state index contributed by atoms with van der Waals surface area (Å²) < 4.78 is 0. The van der Waals surface area contributed by atoms with Crippen LogP contribution in [0.4, 0.5) is 4.79 Å². The van der Waals surface area contributed by atoms with Gasteiger partial charge in [-0.3, -0.25) is 9.59 Å². The molecule has 0 aromatic carbocycles. The molecule has 2 rings (SSSR count). The van der Waals surface area contributed by atoms with Gasteiger partial charge in [-0.15, -0.1) is 0 Å². The standard InChI is InChI=1S/C16H27N3O3S3/c1-11(20)6-8-24-25-9-7-17-14(21)5-3-2-4-13-15-12(10-23-13)18-16(22)19-15/h12-13,15H,2-10H2,1H3,(H,17,21)(H2,18,19,22). The van der Waals surface area contributed by atoms with Crippen molar-refractivity contribution >= 4 is 51.1 Å². The Hall–Kier alpha value is -0.540. The first-order valence-corrected chi connectivity index (χ1v) is 12.3. The summed E-state index contributed by atoms with van der Waals surface area (Å²) in [6.45, 7) is 2.28. The average Bonchev–Trinajstić information content (AvgIpc) is 3.10. The van der Waals surface area contributed by atoms with Crippen molar-refractivity contribution in [2.45, 2.75) is 56.4 Å². The van der Waals surface area contributed by atoms with E-state index in [4.69, 9.17) is 0 Å². The van der Waals surface area contributed by atoms with Gasteiger partial charge in [0.2, 0.25) is 5.91 Å². The number of ketones is 1. The van der Waals surface area contributed by atoms with E-state index in [1.165, 1.54) is 0 Å². The van der Waals surface area contributed by atoms with Crippen LogP contribution in [0.15, 0.2) is 0 Å². The summed E-state index contributed by atoms with van der Waals surface area (Å²) in [5.74, 6) is 3.02. The molecule has 2 heterocycles. The fourth-order valence-electron chi connectivity index (χ4n) is 2.90. The van der Waals surface area contributed by atoms with Crippen LogP contribution in [0.1, 0.15) is 39.0 Å². The molecule has 0 bridgehead atoms. The van der Waals surface area contributed by atoms with E-state index in [0.29, 0.717) is 24.6 Å². The van der Waals surface area contributed by atoms with Crippen LogP contribution < -0.4 is 16.0 Å². The highest BCUT2D eigenvalue weighted by molar-refractivity contribution is 8.76. The second-order valence-corrected chi connectivity index (χ2v) is 10.3. The van der Waals surface area contributed by atoms with Crippen molar-refractivity contribution in [3.05, 3.63) is 0 Å². The summed E-state index contributed by atoms with van der Waals surface area (Å²) in [5.41, 5.74) is 0. The molecule has 2 aliphatic heterocycles. The van der Waals surface area contributed by atoms with Crippen molar-refractivity contribution in [1.29, 1.82) is 0 Å². The monoisotopic (exact) mass is 405 g/mol. The molecule has 2 aliphatic rings. The number of amides is 3. The summed E-state index contributed by atoms with van der Waals surface area (Å²) in [6, 6.07) is 0.484. The minimum atomic E-state index is -0.0444. The van der Waals surface area contributed by atoms with E-state index >= 15 is 0 Å². The van der Waals surface area contributed by atoms with Crippen LogP contribution >= 0.6 is 33.3 Å². The Kier molecular flexibility index (Phi) is 9.33. The normalized spacial score (nSPS) is 24.5. The first-order chi connectivity index (χ1) is 12.1. The number of carbonyl (C=O) groups is 3. The molecule has 3 atom stereocenters. The van der Waals surface area contributed by atoms with Crippen LogP contribution in [-0.4, -0.2) is 58.9 Å². The van der Waals surface area contributed by atoms with Crippen molar-refractivity contribution in [2.75, 3.05) is 23.8 Å². The summed E-state index contributed by atoms with van der Waals surface area (Å²) >= 11 is 1.92. The van der Waals surface area contributed by atoms with Gasteiger partial charge in [0.25, 0.3) is 0 Å². The number of rotatable bonds is 12. The Morgan fingerprint density at radius 3 is 2.80 bits per heavy atom.